The van der Waals surface area contributed by atoms with Gasteiger partial charge in [-0.1, -0.05) is 23.7 Å². The lowest BCUT2D eigenvalue weighted by molar-refractivity contribution is -0.385. The van der Waals surface area contributed by atoms with E-state index in [0.29, 0.717) is 22.9 Å². The molecule has 1 heterocycles. The molecular formula is C16H19ClN4O2. The molecule has 1 unspecified atom stereocenters. The third-order valence-electron chi connectivity index (χ3n) is 3.63. The highest BCUT2D eigenvalue weighted by molar-refractivity contribution is 6.30. The van der Waals surface area contributed by atoms with Gasteiger partial charge in [0.2, 0.25) is 0 Å². The van der Waals surface area contributed by atoms with Crippen LogP contribution in [0.25, 0.3) is 0 Å². The maximum absolute atomic E-state index is 10.8. The van der Waals surface area contributed by atoms with Crippen LogP contribution < -0.4 is 5.32 Å². The maximum atomic E-state index is 10.8. The minimum Gasteiger partial charge on any atom is -0.368 e. The Hall–Kier alpha value is -2.18. The summed E-state index contributed by atoms with van der Waals surface area (Å²) in [5.41, 5.74) is 1.74. The normalized spacial score (nSPS) is 12.2. The molecule has 2 rings (SSSR count). The number of benzene rings is 1. The van der Waals surface area contributed by atoms with Crippen LogP contribution in [-0.2, 0) is 0 Å². The van der Waals surface area contributed by atoms with Gasteiger partial charge in [0.1, 0.15) is 12.0 Å². The summed E-state index contributed by atoms with van der Waals surface area (Å²) < 4.78 is 0. The third kappa shape index (κ3) is 4.40. The van der Waals surface area contributed by atoms with E-state index in [9.17, 15) is 10.1 Å². The summed E-state index contributed by atoms with van der Waals surface area (Å²) in [6, 6.07) is 9.52. The van der Waals surface area contributed by atoms with Gasteiger partial charge in [0.25, 0.3) is 5.69 Å². The SMILES string of the molecule is Cc1cc(NCC(c2ccc(Cl)cc2)N(C)C)ncc1[N+](=O)[O-]. The number of aryl methyl sites for hydroxylation is 1. The van der Waals surface area contributed by atoms with Gasteiger partial charge in [-0.25, -0.2) is 4.98 Å². The quantitative estimate of drug-likeness (QED) is 0.644. The summed E-state index contributed by atoms with van der Waals surface area (Å²) in [5.74, 6) is 0.619. The number of likely N-dealkylation sites (N-methyl/N-ethyl adjacent to an activating group) is 1. The molecule has 0 aliphatic rings. The third-order valence-corrected chi connectivity index (χ3v) is 3.89. The van der Waals surface area contributed by atoms with Crippen LogP contribution in [0.4, 0.5) is 11.5 Å². The van der Waals surface area contributed by atoms with Crippen LogP contribution in [0.5, 0.6) is 0 Å². The summed E-state index contributed by atoms with van der Waals surface area (Å²) >= 11 is 5.93. The first-order valence-electron chi connectivity index (χ1n) is 7.15. The lowest BCUT2D eigenvalue weighted by atomic mass is 10.1. The van der Waals surface area contributed by atoms with Crippen molar-refractivity contribution in [2.75, 3.05) is 26.0 Å². The van der Waals surface area contributed by atoms with E-state index in [2.05, 4.69) is 15.2 Å². The van der Waals surface area contributed by atoms with Gasteiger partial charge in [0.15, 0.2) is 0 Å². The number of hydrogen-bond donors (Lipinski definition) is 1. The van der Waals surface area contributed by atoms with Gasteiger partial charge < -0.3 is 10.2 Å². The minimum absolute atomic E-state index is 0.0254. The lowest BCUT2D eigenvalue weighted by Crippen LogP contribution is -2.27. The van der Waals surface area contributed by atoms with E-state index in [1.165, 1.54) is 6.20 Å². The largest absolute Gasteiger partial charge is 0.368 e. The molecule has 0 bridgehead atoms. The first-order chi connectivity index (χ1) is 10.9. The molecule has 2 aromatic rings. The Morgan fingerprint density at radius 1 is 1.35 bits per heavy atom. The number of anilines is 1. The molecule has 1 atom stereocenters. The molecule has 23 heavy (non-hydrogen) atoms. The van der Waals surface area contributed by atoms with Gasteiger partial charge in [-0.2, -0.15) is 0 Å². The number of nitrogens with one attached hydrogen (secondary N) is 1. The molecular weight excluding hydrogens is 316 g/mol. The highest BCUT2D eigenvalue weighted by Gasteiger charge is 2.15. The second kappa shape index (κ2) is 7.39. The van der Waals surface area contributed by atoms with Gasteiger partial charge in [0, 0.05) is 17.1 Å². The highest BCUT2D eigenvalue weighted by Crippen LogP contribution is 2.23. The zero-order valence-corrected chi connectivity index (χ0v) is 14.0. The van der Waals surface area contributed by atoms with Crippen molar-refractivity contribution < 1.29 is 4.92 Å². The molecule has 0 saturated carbocycles. The van der Waals surface area contributed by atoms with Crippen LogP contribution in [0.15, 0.2) is 36.5 Å². The number of pyridine rings is 1. The van der Waals surface area contributed by atoms with Crippen LogP contribution in [0, 0.1) is 17.0 Å². The molecule has 0 saturated heterocycles. The number of nitro groups is 1. The Kier molecular flexibility index (Phi) is 5.52. The Morgan fingerprint density at radius 2 is 2.00 bits per heavy atom. The van der Waals surface area contributed by atoms with Gasteiger partial charge in [0.05, 0.1) is 11.0 Å². The molecule has 0 aliphatic heterocycles. The first-order valence-corrected chi connectivity index (χ1v) is 7.53. The average Bonchev–Trinajstić information content (AvgIpc) is 2.48. The van der Waals surface area contributed by atoms with Gasteiger partial charge in [-0.05, 0) is 44.8 Å². The molecule has 6 nitrogen and oxygen atoms in total. The zero-order valence-electron chi connectivity index (χ0n) is 13.3. The van der Waals surface area contributed by atoms with Crippen molar-refractivity contribution in [2.45, 2.75) is 13.0 Å². The maximum Gasteiger partial charge on any atom is 0.290 e. The Labute approximate surface area is 140 Å². The van der Waals surface area contributed by atoms with Crippen molar-refractivity contribution in [1.82, 2.24) is 9.88 Å². The van der Waals surface area contributed by atoms with Gasteiger partial charge in [-0.3, -0.25) is 10.1 Å². The summed E-state index contributed by atoms with van der Waals surface area (Å²) in [6.07, 6.45) is 1.28. The number of aromatic nitrogens is 1. The summed E-state index contributed by atoms with van der Waals surface area (Å²) in [4.78, 5) is 16.6. The molecule has 7 heteroatoms. The van der Waals surface area contributed by atoms with Crippen LogP contribution in [0.1, 0.15) is 17.2 Å². The minimum atomic E-state index is -0.428. The molecule has 0 aliphatic carbocycles. The van der Waals surface area contributed by atoms with E-state index in [4.69, 9.17) is 11.6 Å². The monoisotopic (exact) mass is 334 g/mol. The van der Waals surface area contributed by atoms with Crippen molar-refractivity contribution in [1.29, 1.82) is 0 Å². The predicted molar refractivity (Wildman–Crippen MR) is 92.0 cm³/mol. The molecule has 1 aromatic carbocycles. The Bertz CT molecular complexity index is 689. The molecule has 122 valence electrons. The van der Waals surface area contributed by atoms with E-state index in [0.717, 1.165) is 5.56 Å². The van der Waals surface area contributed by atoms with E-state index < -0.39 is 4.92 Å². The standard InChI is InChI=1S/C16H19ClN4O2/c1-11-8-16(18-9-14(11)21(22)23)19-10-15(20(2)3)12-4-6-13(17)7-5-12/h4-9,15H,10H2,1-3H3,(H,18,19). The Balaban J connectivity index is 2.11. The Morgan fingerprint density at radius 3 is 2.52 bits per heavy atom. The average molecular weight is 335 g/mol. The van der Waals surface area contributed by atoms with Crippen LogP contribution in [0.3, 0.4) is 0 Å². The molecule has 0 spiro atoms. The van der Waals surface area contributed by atoms with Crippen molar-refractivity contribution in [2.24, 2.45) is 0 Å². The van der Waals surface area contributed by atoms with Gasteiger partial charge >= 0.3 is 0 Å². The van der Waals surface area contributed by atoms with Crippen LogP contribution >= 0.6 is 11.6 Å². The van der Waals surface area contributed by atoms with Gasteiger partial charge in [-0.15, -0.1) is 0 Å². The van der Waals surface area contributed by atoms with Crippen LogP contribution in [0.2, 0.25) is 5.02 Å². The van der Waals surface area contributed by atoms with Crippen molar-refractivity contribution in [3.8, 4) is 0 Å². The topological polar surface area (TPSA) is 71.3 Å². The fraction of sp³-hybridized carbons (Fsp3) is 0.312. The lowest BCUT2D eigenvalue weighted by Gasteiger charge is -2.25. The van der Waals surface area contributed by atoms with Crippen LogP contribution in [-0.4, -0.2) is 35.4 Å². The number of hydrogen-bond acceptors (Lipinski definition) is 5. The number of halogens is 1. The molecule has 0 radical (unpaired) electrons. The highest BCUT2D eigenvalue weighted by atomic mass is 35.5. The fourth-order valence-electron chi connectivity index (χ4n) is 2.32. The predicted octanol–water partition coefficient (Wildman–Crippen LogP) is 3.67. The van der Waals surface area contributed by atoms with E-state index in [-0.39, 0.29) is 11.7 Å². The smallest absolute Gasteiger partial charge is 0.290 e. The van der Waals surface area contributed by atoms with Crippen molar-refractivity contribution >= 4 is 23.1 Å². The second-order valence-corrected chi connectivity index (χ2v) is 5.96. The van der Waals surface area contributed by atoms with E-state index >= 15 is 0 Å². The molecule has 1 N–H and O–H groups in total. The van der Waals surface area contributed by atoms with E-state index in [1.807, 2.05) is 38.4 Å². The van der Waals surface area contributed by atoms with Crippen molar-refractivity contribution in [3.63, 3.8) is 0 Å². The molecule has 1 aromatic heterocycles. The summed E-state index contributed by atoms with van der Waals surface area (Å²) in [7, 11) is 3.99. The summed E-state index contributed by atoms with van der Waals surface area (Å²) in [5, 5.41) is 14.8. The summed E-state index contributed by atoms with van der Waals surface area (Å²) in [6.45, 7) is 2.33. The fourth-order valence-corrected chi connectivity index (χ4v) is 2.45. The zero-order chi connectivity index (χ0) is 17.0. The second-order valence-electron chi connectivity index (χ2n) is 5.53. The number of rotatable bonds is 6. The molecule has 0 fully saturated rings. The van der Waals surface area contributed by atoms with E-state index in [1.54, 1.807) is 13.0 Å². The number of nitrogens with zero attached hydrogens (tertiary/aromatic N) is 3. The van der Waals surface area contributed by atoms with Crippen molar-refractivity contribution in [3.05, 3.63) is 62.8 Å². The first kappa shape index (κ1) is 17.2. The molecule has 0 amide bonds.